The Hall–Kier alpha value is -3.14. The number of rotatable bonds is 6. The molecule has 4 heteroatoms. The molecule has 0 saturated heterocycles. The minimum Gasteiger partial charge on any atom is -0.381 e. The van der Waals surface area contributed by atoms with Gasteiger partial charge < -0.3 is 19.6 Å². The fourth-order valence-corrected chi connectivity index (χ4v) is 4.25. The number of benzene rings is 1. The summed E-state index contributed by atoms with van der Waals surface area (Å²) in [6.45, 7) is 2.22. The fourth-order valence-electron chi connectivity index (χ4n) is 4.25. The molecule has 0 aliphatic heterocycles. The van der Waals surface area contributed by atoms with Gasteiger partial charge in [-0.15, -0.1) is 0 Å². The molecule has 0 spiro atoms. The van der Waals surface area contributed by atoms with Crippen molar-refractivity contribution < 1.29 is 0 Å². The minimum absolute atomic E-state index is 0.183. The molecule has 1 aromatic carbocycles. The van der Waals surface area contributed by atoms with Crippen LogP contribution < -0.4 is 4.90 Å². The van der Waals surface area contributed by atoms with Gasteiger partial charge in [-0.2, -0.15) is 0 Å². The summed E-state index contributed by atoms with van der Waals surface area (Å²) in [6.07, 6.45) is 20.2. The van der Waals surface area contributed by atoms with Crippen LogP contribution in [0.15, 0.2) is 83.9 Å². The molecular formula is C29H40N4. The van der Waals surface area contributed by atoms with Crippen LogP contribution in [0, 0.1) is 6.92 Å². The van der Waals surface area contributed by atoms with Gasteiger partial charge in [0.2, 0.25) is 0 Å². The van der Waals surface area contributed by atoms with Gasteiger partial charge in [0.1, 0.15) is 0 Å². The van der Waals surface area contributed by atoms with Gasteiger partial charge in [-0.05, 0) is 48.8 Å². The molecule has 4 nitrogen and oxygen atoms in total. The molecule has 0 fully saturated rings. The summed E-state index contributed by atoms with van der Waals surface area (Å²) in [7, 11) is 14.8. The van der Waals surface area contributed by atoms with Crippen LogP contribution in [0.5, 0.6) is 0 Å². The van der Waals surface area contributed by atoms with Gasteiger partial charge in [-0.1, -0.05) is 42.5 Å². The first-order valence-electron chi connectivity index (χ1n) is 11.7. The molecule has 0 aromatic heterocycles. The number of likely N-dealkylation sites (N-methyl/N-ethyl adjacent to an activating group) is 2. The maximum absolute atomic E-state index is 2.40. The molecule has 2 aliphatic carbocycles. The highest BCUT2D eigenvalue weighted by molar-refractivity contribution is 5.82. The molecule has 0 N–H and O–H groups in total. The van der Waals surface area contributed by atoms with Crippen molar-refractivity contribution in [2.45, 2.75) is 25.8 Å². The first kappa shape index (κ1) is 24.5. The molecule has 3 rings (SSSR count). The van der Waals surface area contributed by atoms with E-state index in [9.17, 15) is 0 Å². The van der Waals surface area contributed by atoms with E-state index in [4.69, 9.17) is 0 Å². The highest BCUT2D eigenvalue weighted by Gasteiger charge is 2.21. The topological polar surface area (TPSA) is 13.0 Å². The van der Waals surface area contributed by atoms with E-state index < -0.39 is 0 Å². The normalized spacial score (nSPS) is 20.8. The third-order valence-corrected chi connectivity index (χ3v) is 6.40. The summed E-state index contributed by atoms with van der Waals surface area (Å²) in [5.74, 6) is 0. The lowest BCUT2D eigenvalue weighted by atomic mass is 9.95. The van der Waals surface area contributed by atoms with Crippen molar-refractivity contribution in [2.24, 2.45) is 0 Å². The van der Waals surface area contributed by atoms with Gasteiger partial charge in [0, 0.05) is 84.1 Å². The SMILES string of the molecule is Cc1cc(N(C)C)ccc1C1=CCC=C(N(C)C)C=C1N(C)C1C=C/C=C(/N(C)C)C/C=C\1. The summed E-state index contributed by atoms with van der Waals surface area (Å²) >= 11 is 0. The average Bonchev–Trinajstić information content (AvgIpc) is 2.96. The molecule has 1 atom stereocenters. The van der Waals surface area contributed by atoms with Crippen molar-refractivity contribution >= 4 is 11.3 Å². The first-order chi connectivity index (χ1) is 15.7. The third-order valence-electron chi connectivity index (χ3n) is 6.40. The molecule has 33 heavy (non-hydrogen) atoms. The standard InChI is InChI=1S/C29H40N4/c1-22-20-26(32(6)7)18-19-27(22)28-17-11-16-25(31(4)5)21-29(28)33(8)24-14-9-12-23(30(2)3)13-10-15-24/h9-10,12,14-21,24H,11,13H2,1-8H3/b14-9?,15-10-,23-12+. The molecule has 2 aliphatic rings. The summed E-state index contributed by atoms with van der Waals surface area (Å²) in [5, 5.41) is 0. The molecular weight excluding hydrogens is 404 g/mol. The van der Waals surface area contributed by atoms with E-state index in [1.54, 1.807) is 0 Å². The molecule has 1 aromatic rings. The summed E-state index contributed by atoms with van der Waals surface area (Å²) in [5.41, 5.74) is 8.90. The number of hydrogen-bond donors (Lipinski definition) is 0. The molecule has 1 unspecified atom stereocenters. The minimum atomic E-state index is 0.183. The Morgan fingerprint density at radius 2 is 1.61 bits per heavy atom. The Morgan fingerprint density at radius 3 is 2.24 bits per heavy atom. The molecule has 0 amide bonds. The van der Waals surface area contributed by atoms with Crippen LogP contribution in [-0.2, 0) is 0 Å². The zero-order valence-electron chi connectivity index (χ0n) is 21.6. The van der Waals surface area contributed by atoms with Gasteiger partial charge >= 0.3 is 0 Å². The van der Waals surface area contributed by atoms with E-state index in [0.717, 1.165) is 12.8 Å². The van der Waals surface area contributed by atoms with Crippen LogP contribution in [0.4, 0.5) is 5.69 Å². The second-order valence-electron chi connectivity index (χ2n) is 9.47. The number of allylic oxidation sites excluding steroid dienone is 7. The zero-order valence-corrected chi connectivity index (χ0v) is 21.6. The summed E-state index contributed by atoms with van der Waals surface area (Å²) < 4.78 is 0. The smallest absolute Gasteiger partial charge is 0.0657 e. The molecule has 0 heterocycles. The Kier molecular flexibility index (Phi) is 7.91. The lowest BCUT2D eigenvalue weighted by molar-refractivity contribution is 0.412. The van der Waals surface area contributed by atoms with E-state index in [1.807, 2.05) is 0 Å². The number of anilines is 1. The highest BCUT2D eigenvalue weighted by atomic mass is 15.1. The van der Waals surface area contributed by atoms with Crippen LogP contribution in [0.1, 0.15) is 24.0 Å². The van der Waals surface area contributed by atoms with Gasteiger partial charge in [0.05, 0.1) is 6.04 Å². The number of hydrogen-bond acceptors (Lipinski definition) is 4. The monoisotopic (exact) mass is 444 g/mol. The Bertz CT molecular complexity index is 1030. The Morgan fingerprint density at radius 1 is 0.848 bits per heavy atom. The zero-order chi connectivity index (χ0) is 24.1. The van der Waals surface area contributed by atoms with Crippen LogP contribution >= 0.6 is 0 Å². The summed E-state index contributed by atoms with van der Waals surface area (Å²) in [4.78, 5) is 8.94. The van der Waals surface area contributed by atoms with Crippen molar-refractivity contribution in [1.29, 1.82) is 0 Å². The van der Waals surface area contributed by atoms with Crippen LogP contribution in [0.25, 0.3) is 5.57 Å². The largest absolute Gasteiger partial charge is 0.381 e. The lowest BCUT2D eigenvalue weighted by Gasteiger charge is -2.31. The van der Waals surface area contributed by atoms with E-state index >= 15 is 0 Å². The predicted molar refractivity (Wildman–Crippen MR) is 144 cm³/mol. The van der Waals surface area contributed by atoms with Crippen LogP contribution in [0.3, 0.4) is 0 Å². The third kappa shape index (κ3) is 5.81. The Balaban J connectivity index is 2.03. The fraction of sp³-hybridized carbons (Fsp3) is 0.379. The second kappa shape index (κ2) is 10.7. The van der Waals surface area contributed by atoms with E-state index in [2.05, 4.69) is 143 Å². The first-order valence-corrected chi connectivity index (χ1v) is 11.7. The van der Waals surface area contributed by atoms with Crippen molar-refractivity contribution in [3.8, 4) is 0 Å². The maximum atomic E-state index is 2.40. The van der Waals surface area contributed by atoms with E-state index in [-0.39, 0.29) is 6.04 Å². The highest BCUT2D eigenvalue weighted by Crippen LogP contribution is 2.34. The van der Waals surface area contributed by atoms with Gasteiger partial charge in [-0.3, -0.25) is 0 Å². The second-order valence-corrected chi connectivity index (χ2v) is 9.47. The molecule has 176 valence electrons. The van der Waals surface area contributed by atoms with Crippen LogP contribution in [0.2, 0.25) is 0 Å². The lowest BCUT2D eigenvalue weighted by Crippen LogP contribution is -2.29. The van der Waals surface area contributed by atoms with Crippen molar-refractivity contribution in [3.05, 3.63) is 95.0 Å². The van der Waals surface area contributed by atoms with Crippen molar-refractivity contribution in [3.63, 3.8) is 0 Å². The van der Waals surface area contributed by atoms with E-state index in [1.165, 1.54) is 39.5 Å². The Labute approximate surface area is 201 Å². The molecule has 0 saturated carbocycles. The predicted octanol–water partition coefficient (Wildman–Crippen LogP) is 5.44. The van der Waals surface area contributed by atoms with Gasteiger partial charge in [0.15, 0.2) is 0 Å². The van der Waals surface area contributed by atoms with Crippen LogP contribution in [-0.4, -0.2) is 70.1 Å². The molecule has 0 bridgehead atoms. The summed E-state index contributed by atoms with van der Waals surface area (Å²) in [6, 6.07) is 6.95. The maximum Gasteiger partial charge on any atom is 0.0657 e. The molecule has 0 radical (unpaired) electrons. The van der Waals surface area contributed by atoms with Crippen molar-refractivity contribution in [1.82, 2.24) is 14.7 Å². The van der Waals surface area contributed by atoms with Gasteiger partial charge in [-0.25, -0.2) is 0 Å². The van der Waals surface area contributed by atoms with E-state index in [0.29, 0.717) is 0 Å². The number of aryl methyl sites for hydroxylation is 1. The van der Waals surface area contributed by atoms with Gasteiger partial charge in [0.25, 0.3) is 0 Å². The average molecular weight is 445 g/mol. The van der Waals surface area contributed by atoms with Crippen molar-refractivity contribution in [2.75, 3.05) is 54.2 Å². The quantitative estimate of drug-likeness (QED) is 0.542. The number of nitrogens with zero attached hydrogens (tertiary/aromatic N) is 4.